The first-order chi connectivity index (χ1) is 8.97. The minimum Gasteiger partial charge on any atom is -0.399 e. The van der Waals surface area contributed by atoms with E-state index < -0.39 is 0 Å². The number of carbonyl (C=O) groups is 1. The molecule has 98 valence electrons. The van der Waals surface area contributed by atoms with Crippen molar-refractivity contribution in [2.45, 2.75) is 6.42 Å². The average Bonchev–Trinajstić information content (AvgIpc) is 2.35. The third-order valence-corrected chi connectivity index (χ3v) is 3.94. The molecular formula is C14H10BrCl2NO. The van der Waals surface area contributed by atoms with Crippen LogP contribution in [0.4, 0.5) is 5.69 Å². The van der Waals surface area contributed by atoms with Crippen LogP contribution in [-0.4, -0.2) is 5.78 Å². The number of ketones is 1. The number of hydrogen-bond acceptors (Lipinski definition) is 2. The van der Waals surface area contributed by atoms with Gasteiger partial charge in [0, 0.05) is 32.2 Å². The standard InChI is InChI=1S/C14H10BrCl2NO/c15-12-4-3-10(18)7-11(12)14(19)5-8-1-2-9(16)6-13(8)17/h1-4,6-7H,5,18H2. The Morgan fingerprint density at radius 3 is 2.58 bits per heavy atom. The fraction of sp³-hybridized carbons (Fsp3) is 0.0714. The summed E-state index contributed by atoms with van der Waals surface area (Å²) in [5, 5.41) is 1.03. The van der Waals surface area contributed by atoms with Gasteiger partial charge in [-0.2, -0.15) is 0 Å². The second-order valence-corrected chi connectivity index (χ2v) is 5.77. The molecule has 0 unspecified atom stereocenters. The summed E-state index contributed by atoms with van der Waals surface area (Å²) in [6, 6.07) is 10.2. The molecule has 2 aromatic carbocycles. The van der Waals surface area contributed by atoms with E-state index in [1.165, 1.54) is 0 Å². The summed E-state index contributed by atoms with van der Waals surface area (Å²) in [4.78, 5) is 12.2. The zero-order chi connectivity index (χ0) is 14.0. The van der Waals surface area contributed by atoms with Gasteiger partial charge in [0.15, 0.2) is 5.78 Å². The highest BCUT2D eigenvalue weighted by Gasteiger charge is 2.13. The molecule has 0 saturated heterocycles. The first-order valence-corrected chi connectivity index (χ1v) is 7.04. The number of benzene rings is 2. The number of nitrogen functional groups attached to an aromatic ring is 1. The fourth-order valence-corrected chi connectivity index (χ4v) is 2.63. The lowest BCUT2D eigenvalue weighted by atomic mass is 10.0. The molecule has 0 aliphatic carbocycles. The van der Waals surface area contributed by atoms with Crippen molar-refractivity contribution in [3.63, 3.8) is 0 Å². The van der Waals surface area contributed by atoms with Gasteiger partial charge in [0.05, 0.1) is 0 Å². The Kier molecular flexibility index (Phi) is 4.50. The largest absolute Gasteiger partial charge is 0.399 e. The summed E-state index contributed by atoms with van der Waals surface area (Å²) in [5.74, 6) is -0.0524. The van der Waals surface area contributed by atoms with Crippen LogP contribution in [0.1, 0.15) is 15.9 Å². The van der Waals surface area contributed by atoms with Crippen LogP contribution in [0.15, 0.2) is 40.9 Å². The Labute approximate surface area is 129 Å². The van der Waals surface area contributed by atoms with Crippen LogP contribution in [0.25, 0.3) is 0 Å². The van der Waals surface area contributed by atoms with Crippen LogP contribution in [0, 0.1) is 0 Å². The first-order valence-electron chi connectivity index (χ1n) is 5.49. The lowest BCUT2D eigenvalue weighted by Crippen LogP contribution is -2.05. The Bertz CT molecular complexity index is 643. The lowest BCUT2D eigenvalue weighted by molar-refractivity contribution is 0.0992. The molecule has 2 rings (SSSR count). The summed E-state index contributed by atoms with van der Waals surface area (Å²) in [6.45, 7) is 0. The third-order valence-electron chi connectivity index (χ3n) is 2.66. The molecule has 0 aliphatic rings. The molecule has 0 fully saturated rings. The van der Waals surface area contributed by atoms with Gasteiger partial charge in [-0.25, -0.2) is 0 Å². The van der Waals surface area contributed by atoms with E-state index in [0.29, 0.717) is 21.3 Å². The van der Waals surface area contributed by atoms with Crippen LogP contribution in [0.5, 0.6) is 0 Å². The molecule has 0 heterocycles. The van der Waals surface area contributed by atoms with E-state index >= 15 is 0 Å². The summed E-state index contributed by atoms with van der Waals surface area (Å²) in [5.41, 5.74) is 7.53. The van der Waals surface area contributed by atoms with Gasteiger partial charge in [0.2, 0.25) is 0 Å². The van der Waals surface area contributed by atoms with E-state index in [0.717, 1.165) is 10.0 Å². The molecule has 0 spiro atoms. The van der Waals surface area contributed by atoms with Gasteiger partial charge in [-0.15, -0.1) is 0 Å². The van der Waals surface area contributed by atoms with Gasteiger partial charge in [0.1, 0.15) is 0 Å². The SMILES string of the molecule is Nc1ccc(Br)c(C(=O)Cc2ccc(Cl)cc2Cl)c1. The molecule has 2 aromatic rings. The zero-order valence-corrected chi connectivity index (χ0v) is 12.9. The number of carbonyl (C=O) groups excluding carboxylic acids is 1. The minimum absolute atomic E-state index is 0.0524. The predicted molar refractivity (Wildman–Crippen MR) is 83.1 cm³/mol. The molecule has 0 aromatic heterocycles. The molecule has 0 atom stereocenters. The number of Topliss-reactive ketones (excluding diaryl/α,β-unsaturated/α-hetero) is 1. The smallest absolute Gasteiger partial charge is 0.168 e. The molecule has 0 radical (unpaired) electrons. The number of halogens is 3. The van der Waals surface area contributed by atoms with E-state index in [1.807, 2.05) is 0 Å². The number of rotatable bonds is 3. The van der Waals surface area contributed by atoms with E-state index in [-0.39, 0.29) is 12.2 Å². The normalized spacial score (nSPS) is 10.5. The Morgan fingerprint density at radius 2 is 1.89 bits per heavy atom. The quantitative estimate of drug-likeness (QED) is 0.634. The van der Waals surface area contributed by atoms with Crippen LogP contribution in [0.3, 0.4) is 0 Å². The van der Waals surface area contributed by atoms with E-state index in [9.17, 15) is 4.79 Å². The van der Waals surface area contributed by atoms with Crippen molar-refractivity contribution in [3.8, 4) is 0 Å². The molecule has 0 saturated carbocycles. The Hall–Kier alpha value is -1.03. The van der Waals surface area contributed by atoms with Crippen LogP contribution in [0.2, 0.25) is 10.0 Å². The maximum Gasteiger partial charge on any atom is 0.168 e. The summed E-state index contributed by atoms with van der Waals surface area (Å²) < 4.78 is 0.719. The van der Waals surface area contributed by atoms with Crippen LogP contribution >= 0.6 is 39.1 Å². The minimum atomic E-state index is -0.0524. The molecule has 0 bridgehead atoms. The highest BCUT2D eigenvalue weighted by Crippen LogP contribution is 2.25. The van der Waals surface area contributed by atoms with Gasteiger partial charge in [-0.05, 0) is 35.9 Å². The molecule has 19 heavy (non-hydrogen) atoms. The van der Waals surface area contributed by atoms with Crippen LogP contribution < -0.4 is 5.73 Å². The van der Waals surface area contributed by atoms with Crippen molar-refractivity contribution in [2.24, 2.45) is 0 Å². The third kappa shape index (κ3) is 3.50. The second kappa shape index (κ2) is 5.95. The zero-order valence-electron chi connectivity index (χ0n) is 9.79. The molecule has 5 heteroatoms. The number of nitrogens with two attached hydrogens (primary N) is 1. The van der Waals surface area contributed by atoms with Gasteiger partial charge < -0.3 is 5.73 Å². The second-order valence-electron chi connectivity index (χ2n) is 4.07. The average molecular weight is 359 g/mol. The molecule has 2 nitrogen and oxygen atoms in total. The van der Waals surface area contributed by atoms with Crippen molar-refractivity contribution >= 4 is 50.6 Å². The predicted octanol–water partition coefficient (Wildman–Crippen LogP) is 4.76. The maximum atomic E-state index is 12.2. The highest BCUT2D eigenvalue weighted by atomic mass is 79.9. The van der Waals surface area contributed by atoms with Gasteiger partial charge >= 0.3 is 0 Å². The topological polar surface area (TPSA) is 43.1 Å². The Balaban J connectivity index is 2.28. The van der Waals surface area contributed by atoms with Gasteiger partial charge in [-0.3, -0.25) is 4.79 Å². The number of anilines is 1. The van der Waals surface area contributed by atoms with Crippen molar-refractivity contribution in [1.29, 1.82) is 0 Å². The van der Waals surface area contributed by atoms with Crippen LogP contribution in [-0.2, 0) is 6.42 Å². The highest BCUT2D eigenvalue weighted by molar-refractivity contribution is 9.10. The van der Waals surface area contributed by atoms with Gasteiger partial charge in [0.25, 0.3) is 0 Å². The van der Waals surface area contributed by atoms with Crippen molar-refractivity contribution in [2.75, 3.05) is 5.73 Å². The molecule has 2 N–H and O–H groups in total. The molecular weight excluding hydrogens is 349 g/mol. The van der Waals surface area contributed by atoms with E-state index in [1.54, 1.807) is 36.4 Å². The first kappa shape index (κ1) is 14.4. The number of hydrogen-bond donors (Lipinski definition) is 1. The molecule has 0 aliphatic heterocycles. The van der Waals surface area contributed by atoms with E-state index in [2.05, 4.69) is 15.9 Å². The monoisotopic (exact) mass is 357 g/mol. The Morgan fingerprint density at radius 1 is 1.16 bits per heavy atom. The van der Waals surface area contributed by atoms with Gasteiger partial charge in [-0.1, -0.05) is 45.2 Å². The lowest BCUT2D eigenvalue weighted by Gasteiger charge is -2.07. The van der Waals surface area contributed by atoms with Crippen molar-refractivity contribution in [1.82, 2.24) is 0 Å². The van der Waals surface area contributed by atoms with Crippen molar-refractivity contribution < 1.29 is 4.79 Å². The van der Waals surface area contributed by atoms with E-state index in [4.69, 9.17) is 28.9 Å². The maximum absolute atomic E-state index is 12.2. The summed E-state index contributed by atoms with van der Waals surface area (Å²) >= 11 is 15.2. The van der Waals surface area contributed by atoms with Crippen molar-refractivity contribution in [3.05, 3.63) is 62.0 Å². The molecule has 0 amide bonds. The fourth-order valence-electron chi connectivity index (χ4n) is 1.69. The summed E-state index contributed by atoms with van der Waals surface area (Å²) in [7, 11) is 0. The summed E-state index contributed by atoms with van der Waals surface area (Å²) in [6.07, 6.45) is 0.206.